The lowest BCUT2D eigenvalue weighted by Gasteiger charge is -2.18. The van der Waals surface area contributed by atoms with Gasteiger partial charge in [-0.3, -0.25) is 19.3 Å². The predicted molar refractivity (Wildman–Crippen MR) is 93.3 cm³/mol. The molecule has 0 aliphatic carbocycles. The van der Waals surface area contributed by atoms with Gasteiger partial charge in [0.2, 0.25) is 5.91 Å². The van der Waals surface area contributed by atoms with Gasteiger partial charge in [-0.05, 0) is 13.1 Å². The molecule has 0 spiro atoms. The van der Waals surface area contributed by atoms with Crippen LogP contribution in [0.4, 0.5) is 0 Å². The number of likely N-dealkylation sites (N-methyl/N-ethyl adjacent to an activating group) is 1. The summed E-state index contributed by atoms with van der Waals surface area (Å²) in [5.74, 6) is 0.658. The van der Waals surface area contributed by atoms with Gasteiger partial charge in [0.1, 0.15) is 5.39 Å². The van der Waals surface area contributed by atoms with Gasteiger partial charge < -0.3 is 10.2 Å². The zero-order chi connectivity index (χ0) is 17.1. The molecule has 9 heteroatoms. The lowest BCUT2D eigenvalue weighted by Crippen LogP contribution is -2.36. The molecule has 1 atom stereocenters. The Bertz CT molecular complexity index is 782. The first-order valence-electron chi connectivity index (χ1n) is 8.21. The molecule has 3 rings (SSSR count). The van der Waals surface area contributed by atoms with Crippen LogP contribution in [0.2, 0.25) is 0 Å². The number of carbonyl (C=O) groups excluding carboxylic acids is 1. The van der Waals surface area contributed by atoms with Crippen molar-refractivity contribution in [3.63, 3.8) is 0 Å². The van der Waals surface area contributed by atoms with Gasteiger partial charge in [-0.2, -0.15) is 5.10 Å². The number of carbonyl (C=O) groups is 1. The third kappa shape index (κ3) is 3.32. The largest absolute Gasteiger partial charge is 0.355 e. The maximum Gasteiger partial charge on any atom is 0.265 e. The number of amides is 1. The molecule has 2 N–H and O–H groups in total. The smallest absolute Gasteiger partial charge is 0.265 e. The SMILES string of the molecule is CCN(CC)CCNC(=O)CC1CSc2nc3[nH]ncc3c(=O)n21. The van der Waals surface area contributed by atoms with E-state index in [2.05, 4.69) is 39.2 Å². The van der Waals surface area contributed by atoms with Crippen molar-refractivity contribution >= 4 is 28.7 Å². The molecule has 0 fully saturated rings. The monoisotopic (exact) mass is 350 g/mol. The van der Waals surface area contributed by atoms with Crippen molar-refractivity contribution in [2.75, 3.05) is 31.9 Å². The number of thioether (sulfide) groups is 1. The molecule has 0 saturated heterocycles. The van der Waals surface area contributed by atoms with E-state index < -0.39 is 0 Å². The van der Waals surface area contributed by atoms with E-state index >= 15 is 0 Å². The molecule has 0 saturated carbocycles. The normalized spacial score (nSPS) is 16.7. The summed E-state index contributed by atoms with van der Waals surface area (Å²) in [5.41, 5.74) is 0.373. The van der Waals surface area contributed by atoms with Gasteiger partial charge in [0.05, 0.1) is 12.2 Å². The number of hydrogen-bond donors (Lipinski definition) is 2. The molecule has 0 bridgehead atoms. The minimum Gasteiger partial charge on any atom is -0.355 e. The molecular weight excluding hydrogens is 328 g/mol. The standard InChI is InChI=1S/C15H22N6O2S/c1-3-20(4-2)6-5-16-12(22)7-10-9-24-15-18-13-11(8-17-19-13)14(23)21(10)15/h8,10H,3-7,9H2,1-2H3,(H,16,22)(H,17,19). The Kier molecular flexibility index (Phi) is 5.20. The molecule has 130 valence electrons. The number of aromatic amines is 1. The maximum atomic E-state index is 12.6. The first-order valence-corrected chi connectivity index (χ1v) is 9.20. The molecule has 1 amide bonds. The van der Waals surface area contributed by atoms with Crippen LogP contribution < -0.4 is 10.9 Å². The van der Waals surface area contributed by atoms with Crippen LogP contribution >= 0.6 is 11.8 Å². The average Bonchev–Trinajstić information content (AvgIpc) is 3.19. The summed E-state index contributed by atoms with van der Waals surface area (Å²) in [4.78, 5) is 31.4. The number of fused-ring (bicyclic) bond motifs is 2. The van der Waals surface area contributed by atoms with E-state index in [0.29, 0.717) is 34.9 Å². The molecule has 1 unspecified atom stereocenters. The van der Waals surface area contributed by atoms with Crippen molar-refractivity contribution in [3.05, 3.63) is 16.6 Å². The molecular formula is C15H22N6O2S. The number of aromatic nitrogens is 4. The lowest BCUT2D eigenvalue weighted by molar-refractivity contribution is -0.121. The molecule has 0 radical (unpaired) electrons. The van der Waals surface area contributed by atoms with Crippen molar-refractivity contribution in [3.8, 4) is 0 Å². The average molecular weight is 350 g/mol. The summed E-state index contributed by atoms with van der Waals surface area (Å²) in [6.45, 7) is 7.62. The van der Waals surface area contributed by atoms with Gasteiger partial charge in [-0.15, -0.1) is 0 Å². The van der Waals surface area contributed by atoms with Crippen LogP contribution in [0.25, 0.3) is 11.0 Å². The van der Waals surface area contributed by atoms with Crippen LogP contribution in [-0.4, -0.2) is 62.5 Å². The molecule has 0 aromatic carbocycles. The second-order valence-electron chi connectivity index (χ2n) is 5.75. The first-order chi connectivity index (χ1) is 11.6. The molecule has 2 aromatic heterocycles. The fourth-order valence-corrected chi connectivity index (χ4v) is 4.02. The van der Waals surface area contributed by atoms with Crippen molar-refractivity contribution in [1.29, 1.82) is 0 Å². The summed E-state index contributed by atoms with van der Waals surface area (Å²) >= 11 is 1.50. The highest BCUT2D eigenvalue weighted by Crippen LogP contribution is 2.32. The second-order valence-corrected chi connectivity index (χ2v) is 6.73. The van der Waals surface area contributed by atoms with Gasteiger partial charge in [0, 0.05) is 25.3 Å². The minimum atomic E-state index is -0.155. The molecule has 2 aromatic rings. The Labute approximate surface area is 144 Å². The summed E-state index contributed by atoms with van der Waals surface area (Å²) in [7, 11) is 0. The van der Waals surface area contributed by atoms with Crippen LogP contribution in [0.15, 0.2) is 16.1 Å². The number of H-pyrrole nitrogens is 1. The maximum absolute atomic E-state index is 12.6. The highest BCUT2D eigenvalue weighted by atomic mass is 32.2. The summed E-state index contributed by atoms with van der Waals surface area (Å²) in [5, 5.41) is 10.7. The Hall–Kier alpha value is -1.87. The Morgan fingerprint density at radius 3 is 3.04 bits per heavy atom. The van der Waals surface area contributed by atoms with E-state index in [-0.39, 0.29) is 17.5 Å². The minimum absolute atomic E-state index is 0.0280. The predicted octanol–water partition coefficient (Wildman–Crippen LogP) is 0.615. The number of nitrogens with zero attached hydrogens (tertiary/aromatic N) is 4. The molecule has 8 nitrogen and oxygen atoms in total. The molecule has 1 aliphatic rings. The van der Waals surface area contributed by atoms with Gasteiger partial charge in [0.15, 0.2) is 10.8 Å². The van der Waals surface area contributed by atoms with E-state index in [9.17, 15) is 9.59 Å². The zero-order valence-electron chi connectivity index (χ0n) is 13.9. The molecule has 24 heavy (non-hydrogen) atoms. The third-order valence-electron chi connectivity index (χ3n) is 4.32. The van der Waals surface area contributed by atoms with Gasteiger partial charge in [-0.25, -0.2) is 4.98 Å². The lowest BCUT2D eigenvalue weighted by atomic mass is 10.2. The number of nitrogens with one attached hydrogen (secondary N) is 2. The summed E-state index contributed by atoms with van der Waals surface area (Å²) in [6, 6.07) is -0.155. The van der Waals surface area contributed by atoms with E-state index in [0.717, 1.165) is 19.6 Å². The van der Waals surface area contributed by atoms with Crippen LogP contribution in [0.3, 0.4) is 0 Å². The second kappa shape index (κ2) is 7.35. The van der Waals surface area contributed by atoms with E-state index in [4.69, 9.17) is 0 Å². The topological polar surface area (TPSA) is 95.9 Å². The van der Waals surface area contributed by atoms with E-state index in [1.165, 1.54) is 18.0 Å². The fraction of sp³-hybridized carbons (Fsp3) is 0.600. The van der Waals surface area contributed by atoms with Gasteiger partial charge >= 0.3 is 0 Å². The van der Waals surface area contributed by atoms with Crippen molar-refractivity contribution < 1.29 is 4.79 Å². The van der Waals surface area contributed by atoms with Crippen LogP contribution in [0.5, 0.6) is 0 Å². The fourth-order valence-electron chi connectivity index (χ4n) is 2.89. The van der Waals surface area contributed by atoms with Crippen molar-refractivity contribution in [2.24, 2.45) is 0 Å². The van der Waals surface area contributed by atoms with Crippen LogP contribution in [0, 0.1) is 0 Å². The number of rotatable bonds is 7. The van der Waals surface area contributed by atoms with E-state index in [1.807, 2.05) is 0 Å². The Balaban J connectivity index is 1.64. The Morgan fingerprint density at radius 1 is 1.50 bits per heavy atom. The van der Waals surface area contributed by atoms with E-state index in [1.54, 1.807) is 4.57 Å². The first kappa shape index (κ1) is 17.0. The third-order valence-corrected chi connectivity index (χ3v) is 5.42. The molecule has 3 heterocycles. The summed E-state index contributed by atoms with van der Waals surface area (Å²) in [6.07, 6.45) is 1.78. The number of hydrogen-bond acceptors (Lipinski definition) is 6. The van der Waals surface area contributed by atoms with Crippen LogP contribution in [0.1, 0.15) is 26.3 Å². The van der Waals surface area contributed by atoms with Gasteiger partial charge in [-0.1, -0.05) is 25.6 Å². The van der Waals surface area contributed by atoms with Crippen LogP contribution in [-0.2, 0) is 4.79 Å². The highest BCUT2D eigenvalue weighted by molar-refractivity contribution is 7.99. The molecule has 1 aliphatic heterocycles. The van der Waals surface area contributed by atoms with Crippen molar-refractivity contribution in [2.45, 2.75) is 31.5 Å². The summed E-state index contributed by atoms with van der Waals surface area (Å²) < 4.78 is 1.63. The highest BCUT2D eigenvalue weighted by Gasteiger charge is 2.28. The van der Waals surface area contributed by atoms with Crippen molar-refractivity contribution in [1.82, 2.24) is 30.0 Å². The Morgan fingerprint density at radius 2 is 2.29 bits per heavy atom. The zero-order valence-corrected chi connectivity index (χ0v) is 14.7. The quantitative estimate of drug-likeness (QED) is 0.711. The van der Waals surface area contributed by atoms with Gasteiger partial charge in [0.25, 0.3) is 5.56 Å².